The van der Waals surface area contributed by atoms with Crippen LogP contribution in [0, 0.1) is 0 Å². The Morgan fingerprint density at radius 2 is 2.13 bits per heavy atom. The van der Waals surface area contributed by atoms with Gasteiger partial charge in [0.05, 0.1) is 19.9 Å². The van der Waals surface area contributed by atoms with Gasteiger partial charge in [-0.2, -0.15) is 0 Å². The maximum Gasteiger partial charge on any atom is 0.411 e. The van der Waals surface area contributed by atoms with E-state index in [2.05, 4.69) is 6.58 Å². The fourth-order valence-corrected chi connectivity index (χ4v) is 2.89. The van der Waals surface area contributed by atoms with Gasteiger partial charge in [0.25, 0.3) is 0 Å². The van der Waals surface area contributed by atoms with E-state index in [1.54, 1.807) is 24.3 Å². The van der Waals surface area contributed by atoms with Gasteiger partial charge in [0, 0.05) is 12.0 Å². The van der Waals surface area contributed by atoms with Gasteiger partial charge >= 0.3 is 6.09 Å². The average molecular weight is 313 g/mol. The maximum absolute atomic E-state index is 12.4. The molecule has 0 bridgehead atoms. The molecule has 0 unspecified atom stereocenters. The van der Waals surface area contributed by atoms with Crippen LogP contribution in [0.1, 0.15) is 23.8 Å². The van der Waals surface area contributed by atoms with Crippen LogP contribution in [0.15, 0.2) is 59.7 Å². The Morgan fingerprint density at radius 1 is 1.30 bits per heavy atom. The number of furan rings is 1. The molecule has 1 aromatic carbocycles. The predicted octanol–water partition coefficient (Wildman–Crippen LogP) is 3.93. The number of nitrogens with zero attached hydrogens (tertiary/aromatic N) is 1. The summed E-state index contributed by atoms with van der Waals surface area (Å²) in [5.74, 6) is 1.45. The van der Waals surface area contributed by atoms with Crippen molar-refractivity contribution in [1.29, 1.82) is 0 Å². The molecule has 1 fully saturated rings. The third-order valence-electron chi connectivity index (χ3n) is 3.94. The molecule has 0 N–H and O–H groups in total. The Bertz CT molecular complexity index is 680. The lowest BCUT2D eigenvalue weighted by Crippen LogP contribution is -2.29. The first-order valence-corrected chi connectivity index (χ1v) is 7.48. The first kappa shape index (κ1) is 15.2. The van der Waals surface area contributed by atoms with Gasteiger partial charge in [-0.05, 0) is 18.2 Å². The molecule has 3 rings (SSSR count). The zero-order chi connectivity index (χ0) is 16.2. The molecule has 5 nitrogen and oxygen atoms in total. The molecule has 1 aromatic heterocycles. The molecule has 1 saturated heterocycles. The fraction of sp³-hybridized carbons (Fsp3) is 0.278. The number of amides is 1. The minimum Gasteiger partial charge on any atom is -0.496 e. The van der Waals surface area contributed by atoms with Crippen molar-refractivity contribution in [3.8, 4) is 5.75 Å². The summed E-state index contributed by atoms with van der Waals surface area (Å²) < 4.78 is 16.4. The van der Waals surface area contributed by atoms with Gasteiger partial charge in [-0.25, -0.2) is 4.79 Å². The Kier molecular flexibility index (Phi) is 4.37. The van der Waals surface area contributed by atoms with E-state index in [4.69, 9.17) is 13.9 Å². The van der Waals surface area contributed by atoms with Crippen LogP contribution < -0.4 is 4.74 Å². The van der Waals surface area contributed by atoms with Crippen LogP contribution in [0.5, 0.6) is 5.75 Å². The lowest BCUT2D eigenvalue weighted by atomic mass is 10.0. The minimum atomic E-state index is -0.357. The van der Waals surface area contributed by atoms with Crippen molar-refractivity contribution in [1.82, 2.24) is 4.90 Å². The van der Waals surface area contributed by atoms with Crippen LogP contribution in [0.25, 0.3) is 0 Å². The normalized spacial score (nSPS) is 20.4. The lowest BCUT2D eigenvalue weighted by Gasteiger charge is -2.23. The summed E-state index contributed by atoms with van der Waals surface area (Å²) in [6, 6.07) is 11.0. The van der Waals surface area contributed by atoms with Crippen molar-refractivity contribution in [3.05, 3.63) is 66.6 Å². The molecule has 2 aromatic rings. The second-order valence-corrected chi connectivity index (χ2v) is 5.35. The Labute approximate surface area is 135 Å². The predicted molar refractivity (Wildman–Crippen MR) is 85.1 cm³/mol. The van der Waals surface area contributed by atoms with E-state index in [-0.39, 0.29) is 18.2 Å². The summed E-state index contributed by atoms with van der Waals surface area (Å²) in [5, 5.41) is 0. The summed E-state index contributed by atoms with van der Waals surface area (Å²) in [7, 11) is 1.62. The average Bonchev–Trinajstić information content (AvgIpc) is 3.17. The van der Waals surface area contributed by atoms with Gasteiger partial charge in [0.2, 0.25) is 0 Å². The molecule has 2 heterocycles. The molecule has 23 heavy (non-hydrogen) atoms. The van der Waals surface area contributed by atoms with E-state index < -0.39 is 0 Å². The summed E-state index contributed by atoms with van der Waals surface area (Å²) in [6.45, 7) is 4.13. The summed E-state index contributed by atoms with van der Waals surface area (Å²) in [6.07, 6.45) is 3.26. The van der Waals surface area contributed by atoms with Gasteiger partial charge in [0.1, 0.15) is 23.7 Å². The topological polar surface area (TPSA) is 51.9 Å². The van der Waals surface area contributed by atoms with E-state index in [9.17, 15) is 4.79 Å². The number of para-hydroxylation sites is 1. The van der Waals surface area contributed by atoms with Gasteiger partial charge in [-0.1, -0.05) is 24.3 Å². The standard InChI is InChI=1S/C18H19NO4/c1-3-7-16-17(15-10-6-11-22-15)19(18(20)23-16)12-13-8-4-5-9-14(13)21-2/h3-6,8-11,16-17H,1,7,12H2,2H3/t16-,17+/m1/s1. The monoisotopic (exact) mass is 313 g/mol. The van der Waals surface area contributed by atoms with Gasteiger partial charge in [0.15, 0.2) is 0 Å². The number of rotatable bonds is 6. The van der Waals surface area contributed by atoms with E-state index >= 15 is 0 Å². The molecule has 0 aliphatic carbocycles. The minimum absolute atomic E-state index is 0.277. The van der Waals surface area contributed by atoms with Crippen LogP contribution >= 0.6 is 0 Å². The lowest BCUT2D eigenvalue weighted by molar-refractivity contribution is 0.129. The molecule has 2 atom stereocenters. The molecule has 0 radical (unpaired) electrons. The maximum atomic E-state index is 12.4. The second-order valence-electron chi connectivity index (χ2n) is 5.35. The smallest absolute Gasteiger partial charge is 0.411 e. The Morgan fingerprint density at radius 3 is 2.83 bits per heavy atom. The molecule has 120 valence electrons. The molecule has 5 heteroatoms. The highest BCUT2D eigenvalue weighted by Crippen LogP contribution is 2.37. The van der Waals surface area contributed by atoms with Crippen molar-refractivity contribution in [2.24, 2.45) is 0 Å². The summed E-state index contributed by atoms with van der Waals surface area (Å²) in [4.78, 5) is 14.0. The number of cyclic esters (lactones) is 1. The number of carbonyl (C=O) groups excluding carboxylic acids is 1. The van der Waals surface area contributed by atoms with Crippen LogP contribution in [0.2, 0.25) is 0 Å². The van der Waals surface area contributed by atoms with Crippen molar-refractivity contribution in [2.75, 3.05) is 7.11 Å². The van der Waals surface area contributed by atoms with Crippen molar-refractivity contribution in [3.63, 3.8) is 0 Å². The zero-order valence-electron chi connectivity index (χ0n) is 13.0. The Balaban J connectivity index is 1.92. The molecular weight excluding hydrogens is 294 g/mol. The van der Waals surface area contributed by atoms with Crippen molar-refractivity contribution in [2.45, 2.75) is 25.1 Å². The van der Waals surface area contributed by atoms with Gasteiger partial charge in [-0.15, -0.1) is 6.58 Å². The summed E-state index contributed by atoms with van der Waals surface area (Å²) >= 11 is 0. The number of hydrogen-bond acceptors (Lipinski definition) is 4. The number of carbonyl (C=O) groups is 1. The number of benzene rings is 1. The second kappa shape index (κ2) is 6.60. The Hall–Kier alpha value is -2.69. The zero-order valence-corrected chi connectivity index (χ0v) is 13.0. The number of ether oxygens (including phenoxy) is 2. The largest absolute Gasteiger partial charge is 0.496 e. The number of hydrogen-bond donors (Lipinski definition) is 0. The first-order valence-electron chi connectivity index (χ1n) is 7.48. The van der Waals surface area contributed by atoms with Crippen LogP contribution in [-0.2, 0) is 11.3 Å². The molecule has 0 spiro atoms. The van der Waals surface area contributed by atoms with E-state index in [1.165, 1.54) is 0 Å². The molecular formula is C18H19NO4. The SMILES string of the molecule is C=CC[C@H]1OC(=O)N(Cc2ccccc2OC)[C@H]1c1ccco1. The number of methoxy groups -OCH3 is 1. The van der Waals surface area contributed by atoms with Crippen molar-refractivity contribution < 1.29 is 18.7 Å². The van der Waals surface area contributed by atoms with Gasteiger partial charge < -0.3 is 13.9 Å². The van der Waals surface area contributed by atoms with Crippen LogP contribution in [0.4, 0.5) is 4.79 Å². The van der Waals surface area contributed by atoms with Crippen LogP contribution in [-0.4, -0.2) is 24.2 Å². The van der Waals surface area contributed by atoms with E-state index in [1.807, 2.05) is 36.4 Å². The quantitative estimate of drug-likeness (QED) is 0.758. The third-order valence-corrected chi connectivity index (χ3v) is 3.94. The highest BCUT2D eigenvalue weighted by atomic mass is 16.6. The van der Waals surface area contributed by atoms with E-state index in [0.717, 1.165) is 11.3 Å². The first-order chi connectivity index (χ1) is 11.2. The molecule has 0 saturated carbocycles. The highest BCUT2D eigenvalue weighted by Gasteiger charge is 2.43. The molecule has 1 aliphatic heterocycles. The highest BCUT2D eigenvalue weighted by molar-refractivity contribution is 5.71. The van der Waals surface area contributed by atoms with Crippen molar-refractivity contribution >= 4 is 6.09 Å². The molecule has 1 amide bonds. The fourth-order valence-electron chi connectivity index (χ4n) is 2.89. The van der Waals surface area contributed by atoms with Crippen LogP contribution in [0.3, 0.4) is 0 Å². The van der Waals surface area contributed by atoms with Gasteiger partial charge in [-0.3, -0.25) is 4.90 Å². The molecule has 1 aliphatic rings. The van der Waals surface area contributed by atoms with E-state index in [0.29, 0.717) is 18.7 Å². The summed E-state index contributed by atoms with van der Waals surface area (Å²) in [5.41, 5.74) is 0.919. The third kappa shape index (κ3) is 2.95.